The third kappa shape index (κ3) is 5.92. The van der Waals surface area contributed by atoms with Crippen molar-refractivity contribution in [2.45, 2.75) is 64.1 Å². The van der Waals surface area contributed by atoms with Crippen molar-refractivity contribution in [3.05, 3.63) is 51.2 Å². The molecule has 2 aromatic heterocycles. The molecule has 0 saturated heterocycles. The predicted octanol–water partition coefficient (Wildman–Crippen LogP) is 5.42. The molecule has 1 amide bonds. The van der Waals surface area contributed by atoms with Gasteiger partial charge < -0.3 is 19.4 Å². The normalized spacial score (nSPS) is 14.0. The van der Waals surface area contributed by atoms with Crippen LogP contribution in [0.1, 0.15) is 70.0 Å². The minimum atomic E-state index is -0.395. The van der Waals surface area contributed by atoms with E-state index in [1.807, 2.05) is 44.5 Å². The number of anilines is 1. The Morgan fingerprint density at radius 2 is 1.86 bits per heavy atom. The number of aryl methyl sites for hydroxylation is 3. The molecule has 36 heavy (non-hydrogen) atoms. The summed E-state index contributed by atoms with van der Waals surface area (Å²) in [5.74, 6) is 1.000. The minimum Gasteiger partial charge on any atom is -0.483 e. The fourth-order valence-electron chi connectivity index (χ4n) is 4.51. The number of rotatable bonds is 8. The SMILES string of the molecule is COC(=O)c1c(NC(=O)CSc2nnc(C(C)Oc3cc(C)cc(C)c3)n2C)sc2c1CCCCC2. The highest BCUT2D eigenvalue weighted by atomic mass is 32.2. The summed E-state index contributed by atoms with van der Waals surface area (Å²) >= 11 is 2.78. The Morgan fingerprint density at radius 3 is 2.58 bits per heavy atom. The number of aromatic nitrogens is 3. The van der Waals surface area contributed by atoms with Crippen molar-refractivity contribution in [3.8, 4) is 5.75 Å². The molecule has 1 aliphatic carbocycles. The lowest BCUT2D eigenvalue weighted by molar-refractivity contribution is -0.113. The number of nitrogens with one attached hydrogen (secondary N) is 1. The highest BCUT2D eigenvalue weighted by Crippen LogP contribution is 2.38. The van der Waals surface area contributed by atoms with Crippen LogP contribution in [-0.2, 0) is 29.4 Å². The van der Waals surface area contributed by atoms with Gasteiger partial charge in [-0.2, -0.15) is 0 Å². The predicted molar refractivity (Wildman–Crippen MR) is 142 cm³/mol. The number of amides is 1. The number of thiophene rings is 1. The van der Waals surface area contributed by atoms with E-state index in [0.29, 0.717) is 21.5 Å². The number of thioether (sulfide) groups is 1. The molecule has 1 atom stereocenters. The Balaban J connectivity index is 1.41. The molecule has 0 fully saturated rings. The van der Waals surface area contributed by atoms with E-state index in [-0.39, 0.29) is 17.8 Å². The van der Waals surface area contributed by atoms with Gasteiger partial charge in [0.1, 0.15) is 10.8 Å². The molecule has 1 aromatic carbocycles. The van der Waals surface area contributed by atoms with Crippen molar-refractivity contribution in [3.63, 3.8) is 0 Å². The summed E-state index contributed by atoms with van der Waals surface area (Å²) in [6.45, 7) is 6.00. The molecule has 10 heteroatoms. The lowest BCUT2D eigenvalue weighted by atomic mass is 10.1. The molecule has 3 aromatic rings. The summed E-state index contributed by atoms with van der Waals surface area (Å²) < 4.78 is 13.0. The van der Waals surface area contributed by atoms with Crippen LogP contribution in [0.4, 0.5) is 5.00 Å². The molecule has 1 aliphatic rings. The molecular formula is C26H32N4O4S2. The minimum absolute atomic E-state index is 0.140. The Labute approximate surface area is 219 Å². The zero-order chi connectivity index (χ0) is 25.8. The fraction of sp³-hybridized carbons (Fsp3) is 0.462. The first-order chi connectivity index (χ1) is 17.3. The van der Waals surface area contributed by atoms with Crippen molar-refractivity contribution < 1.29 is 19.1 Å². The van der Waals surface area contributed by atoms with Crippen molar-refractivity contribution >= 4 is 40.0 Å². The molecule has 0 radical (unpaired) electrons. The van der Waals surface area contributed by atoms with E-state index in [0.717, 1.165) is 54.5 Å². The quantitative estimate of drug-likeness (QED) is 0.237. The molecule has 8 nitrogen and oxygen atoms in total. The number of carbonyl (C=O) groups excluding carboxylic acids is 2. The van der Waals surface area contributed by atoms with Crippen molar-refractivity contribution in [1.82, 2.24) is 14.8 Å². The lowest BCUT2D eigenvalue weighted by Gasteiger charge is -2.15. The van der Waals surface area contributed by atoms with Gasteiger partial charge in [0.05, 0.1) is 18.4 Å². The number of ether oxygens (including phenoxy) is 2. The fourth-order valence-corrected chi connectivity index (χ4v) is 6.52. The van der Waals surface area contributed by atoms with Crippen molar-refractivity contribution in [2.24, 2.45) is 7.05 Å². The average molecular weight is 529 g/mol. The van der Waals surface area contributed by atoms with Crippen LogP contribution in [0.15, 0.2) is 23.4 Å². The summed E-state index contributed by atoms with van der Waals surface area (Å²) in [5, 5.41) is 12.7. The summed E-state index contributed by atoms with van der Waals surface area (Å²) in [6.07, 6.45) is 4.74. The van der Waals surface area contributed by atoms with Gasteiger partial charge in [0, 0.05) is 11.9 Å². The Hall–Kier alpha value is -2.85. The van der Waals surface area contributed by atoms with Gasteiger partial charge in [-0.15, -0.1) is 21.5 Å². The Morgan fingerprint density at radius 1 is 1.14 bits per heavy atom. The van der Waals surface area contributed by atoms with E-state index in [1.165, 1.54) is 35.1 Å². The largest absolute Gasteiger partial charge is 0.483 e. The van der Waals surface area contributed by atoms with Gasteiger partial charge in [0.15, 0.2) is 17.1 Å². The van der Waals surface area contributed by atoms with Crippen molar-refractivity contribution in [1.29, 1.82) is 0 Å². The molecule has 0 saturated carbocycles. The molecule has 2 heterocycles. The van der Waals surface area contributed by atoms with Gasteiger partial charge in [0.2, 0.25) is 5.91 Å². The summed E-state index contributed by atoms with van der Waals surface area (Å²) in [7, 11) is 3.24. The second-order valence-corrected chi connectivity index (χ2v) is 11.1. The second kappa shape index (κ2) is 11.5. The van der Waals surface area contributed by atoms with E-state index < -0.39 is 5.97 Å². The lowest BCUT2D eigenvalue weighted by Crippen LogP contribution is -2.17. The Kier molecular flexibility index (Phi) is 8.35. The standard InChI is InChI=1S/C26H32N4O4S2/c1-15-11-16(2)13-18(12-15)34-17(3)23-28-29-26(30(23)4)35-14-21(31)27-24-22(25(32)33-5)19-9-7-6-8-10-20(19)36-24/h11-13,17H,6-10,14H2,1-5H3,(H,27,31). The third-order valence-electron chi connectivity index (χ3n) is 6.14. The van der Waals surface area contributed by atoms with E-state index in [4.69, 9.17) is 9.47 Å². The number of methoxy groups -OCH3 is 1. The Bertz CT molecular complexity index is 1250. The first kappa shape index (κ1) is 26.2. The van der Waals surface area contributed by atoms with Gasteiger partial charge >= 0.3 is 5.97 Å². The molecule has 1 N–H and O–H groups in total. The number of carbonyl (C=O) groups is 2. The number of hydrogen-bond acceptors (Lipinski definition) is 8. The molecular weight excluding hydrogens is 496 g/mol. The van der Waals surface area contributed by atoms with Crippen LogP contribution < -0.4 is 10.1 Å². The van der Waals surface area contributed by atoms with E-state index >= 15 is 0 Å². The van der Waals surface area contributed by atoms with Crippen molar-refractivity contribution in [2.75, 3.05) is 18.2 Å². The van der Waals surface area contributed by atoms with Crippen LogP contribution in [0, 0.1) is 13.8 Å². The average Bonchev–Trinajstić information content (AvgIpc) is 3.27. The third-order valence-corrected chi connectivity index (χ3v) is 8.36. The van der Waals surface area contributed by atoms with Gasteiger partial charge in [0.25, 0.3) is 0 Å². The number of nitrogens with zero attached hydrogens (tertiary/aromatic N) is 3. The number of fused-ring (bicyclic) bond motifs is 1. The molecule has 0 aliphatic heterocycles. The van der Waals surface area contributed by atoms with Crippen LogP contribution in [0.5, 0.6) is 5.75 Å². The van der Waals surface area contributed by atoms with Gasteiger partial charge in [-0.1, -0.05) is 24.2 Å². The van der Waals surface area contributed by atoms with Gasteiger partial charge in [-0.3, -0.25) is 4.79 Å². The van der Waals surface area contributed by atoms with E-state index in [2.05, 4.69) is 21.6 Å². The highest BCUT2D eigenvalue weighted by Gasteiger charge is 2.26. The van der Waals surface area contributed by atoms with Crippen LogP contribution in [-0.4, -0.2) is 39.5 Å². The number of benzene rings is 1. The number of hydrogen-bond donors (Lipinski definition) is 1. The molecule has 0 spiro atoms. The first-order valence-corrected chi connectivity index (χ1v) is 13.9. The van der Waals surface area contributed by atoms with Crippen LogP contribution in [0.3, 0.4) is 0 Å². The summed E-state index contributed by atoms with van der Waals surface area (Å²) in [5.41, 5.74) is 3.81. The maximum Gasteiger partial charge on any atom is 0.341 e. The molecule has 1 unspecified atom stereocenters. The first-order valence-electron chi connectivity index (χ1n) is 12.1. The number of esters is 1. The van der Waals surface area contributed by atoms with Crippen LogP contribution >= 0.6 is 23.1 Å². The topological polar surface area (TPSA) is 95.3 Å². The highest BCUT2D eigenvalue weighted by molar-refractivity contribution is 7.99. The van der Waals surface area contributed by atoms with E-state index in [9.17, 15) is 9.59 Å². The zero-order valence-corrected chi connectivity index (χ0v) is 23.0. The van der Waals surface area contributed by atoms with Crippen LogP contribution in [0.25, 0.3) is 0 Å². The monoisotopic (exact) mass is 528 g/mol. The zero-order valence-electron chi connectivity index (χ0n) is 21.3. The maximum absolute atomic E-state index is 12.8. The van der Waals surface area contributed by atoms with E-state index in [1.54, 1.807) is 0 Å². The van der Waals surface area contributed by atoms with Gasteiger partial charge in [-0.25, -0.2) is 4.79 Å². The molecule has 0 bridgehead atoms. The smallest absolute Gasteiger partial charge is 0.341 e. The maximum atomic E-state index is 12.8. The summed E-state index contributed by atoms with van der Waals surface area (Å²) in [4.78, 5) is 26.5. The second-order valence-electron chi connectivity index (χ2n) is 9.08. The van der Waals surface area contributed by atoms with Crippen LogP contribution in [0.2, 0.25) is 0 Å². The molecule has 4 rings (SSSR count). The summed E-state index contributed by atoms with van der Waals surface area (Å²) in [6, 6.07) is 6.08. The van der Waals surface area contributed by atoms with Gasteiger partial charge in [-0.05, 0) is 75.3 Å². The molecule has 192 valence electrons.